The molecule has 1 aromatic rings. The van der Waals surface area contributed by atoms with E-state index in [0.29, 0.717) is 43.1 Å². The van der Waals surface area contributed by atoms with Crippen LogP contribution in [0.5, 0.6) is 11.5 Å². The van der Waals surface area contributed by atoms with Gasteiger partial charge in [-0.2, -0.15) is 0 Å². The molecule has 1 aromatic carbocycles. The summed E-state index contributed by atoms with van der Waals surface area (Å²) >= 11 is 0. The van der Waals surface area contributed by atoms with Crippen LogP contribution in [0, 0.1) is 11.8 Å². The molecule has 0 bridgehead atoms. The highest BCUT2D eigenvalue weighted by atomic mass is 16.5. The van der Waals surface area contributed by atoms with Crippen LogP contribution in [0.25, 0.3) is 0 Å². The largest absolute Gasteiger partial charge is 0.493 e. The molecule has 2 unspecified atom stereocenters. The number of amides is 4. The summed E-state index contributed by atoms with van der Waals surface area (Å²) in [5.74, 6) is -0.804. The van der Waals surface area contributed by atoms with Crippen molar-refractivity contribution in [3.63, 3.8) is 0 Å². The number of hydrogen-bond donors (Lipinski definition) is 2. The summed E-state index contributed by atoms with van der Waals surface area (Å²) in [5, 5.41) is 2.74. The van der Waals surface area contributed by atoms with Crippen molar-refractivity contribution in [2.45, 2.75) is 32.2 Å². The summed E-state index contributed by atoms with van der Waals surface area (Å²) in [6, 6.07) is 4.41. The van der Waals surface area contributed by atoms with Gasteiger partial charge in [-0.15, -0.1) is 0 Å². The topological polar surface area (TPSA) is 131 Å². The van der Waals surface area contributed by atoms with Crippen LogP contribution in [0.2, 0.25) is 0 Å². The molecule has 10 heteroatoms. The highest BCUT2D eigenvalue weighted by Gasteiger charge is 2.37. The Morgan fingerprint density at radius 2 is 1.75 bits per heavy atom. The summed E-state index contributed by atoms with van der Waals surface area (Å²) in [6.45, 7) is 2.71. The summed E-state index contributed by atoms with van der Waals surface area (Å²) in [6.07, 6.45) is 1.11. The fourth-order valence-corrected chi connectivity index (χ4v) is 4.18. The highest BCUT2D eigenvalue weighted by molar-refractivity contribution is 6.01. The van der Waals surface area contributed by atoms with Gasteiger partial charge >= 0.3 is 0 Å². The van der Waals surface area contributed by atoms with Crippen LogP contribution >= 0.6 is 0 Å². The number of piperidine rings is 1. The van der Waals surface area contributed by atoms with Crippen LogP contribution in [-0.4, -0.2) is 68.4 Å². The summed E-state index contributed by atoms with van der Waals surface area (Å²) in [4.78, 5) is 52.5. The van der Waals surface area contributed by atoms with Crippen LogP contribution in [0.15, 0.2) is 18.2 Å². The number of nitrogens with one attached hydrogen (secondary N) is 1. The van der Waals surface area contributed by atoms with Gasteiger partial charge in [0.05, 0.1) is 20.1 Å². The molecule has 2 aliphatic rings. The maximum absolute atomic E-state index is 12.8. The molecular weight excluding hydrogens is 416 g/mol. The molecule has 0 aromatic heterocycles. The van der Waals surface area contributed by atoms with Crippen molar-refractivity contribution >= 4 is 29.3 Å². The van der Waals surface area contributed by atoms with E-state index in [1.165, 1.54) is 19.1 Å². The zero-order chi connectivity index (χ0) is 23.4. The van der Waals surface area contributed by atoms with Crippen molar-refractivity contribution in [2.75, 3.05) is 38.8 Å². The maximum atomic E-state index is 12.8. The number of primary amides is 1. The van der Waals surface area contributed by atoms with Gasteiger partial charge in [-0.05, 0) is 31.9 Å². The van der Waals surface area contributed by atoms with Crippen LogP contribution in [0.4, 0.5) is 5.69 Å². The number of methoxy groups -OCH3 is 2. The van der Waals surface area contributed by atoms with Crippen molar-refractivity contribution < 1.29 is 28.7 Å². The number of benzene rings is 1. The number of likely N-dealkylation sites (tertiary alicyclic amines) is 1. The van der Waals surface area contributed by atoms with Crippen LogP contribution in [0.1, 0.15) is 26.2 Å². The van der Waals surface area contributed by atoms with Crippen molar-refractivity contribution in [1.82, 2.24) is 10.2 Å². The van der Waals surface area contributed by atoms with Crippen LogP contribution in [0.3, 0.4) is 0 Å². The van der Waals surface area contributed by atoms with E-state index in [0.717, 1.165) is 0 Å². The van der Waals surface area contributed by atoms with Crippen molar-refractivity contribution in [3.05, 3.63) is 18.2 Å². The fourth-order valence-electron chi connectivity index (χ4n) is 4.18. The van der Waals surface area contributed by atoms with Gasteiger partial charge < -0.3 is 30.3 Å². The fraction of sp³-hybridized carbons (Fsp3) is 0.545. The zero-order valence-corrected chi connectivity index (χ0v) is 18.6. The molecule has 2 atom stereocenters. The van der Waals surface area contributed by atoms with Crippen LogP contribution in [-0.2, 0) is 19.2 Å². The lowest BCUT2D eigenvalue weighted by molar-refractivity contribution is -0.139. The average molecular weight is 447 g/mol. The molecule has 10 nitrogen and oxygen atoms in total. The van der Waals surface area contributed by atoms with E-state index in [2.05, 4.69) is 5.32 Å². The quantitative estimate of drug-likeness (QED) is 0.619. The van der Waals surface area contributed by atoms with Crippen LogP contribution < -0.4 is 25.4 Å². The van der Waals surface area contributed by atoms with Crippen molar-refractivity contribution in [3.8, 4) is 11.5 Å². The lowest BCUT2D eigenvalue weighted by Crippen LogP contribution is -2.51. The third kappa shape index (κ3) is 4.95. The molecule has 0 saturated carbocycles. The summed E-state index contributed by atoms with van der Waals surface area (Å²) in [5.41, 5.74) is 5.95. The second kappa shape index (κ2) is 9.88. The van der Waals surface area contributed by atoms with Crippen molar-refractivity contribution in [1.29, 1.82) is 0 Å². The smallest absolute Gasteiger partial charge is 0.244 e. The van der Waals surface area contributed by atoms with Gasteiger partial charge in [0.2, 0.25) is 23.6 Å². The molecule has 2 fully saturated rings. The van der Waals surface area contributed by atoms with E-state index in [1.54, 1.807) is 30.0 Å². The minimum atomic E-state index is -0.724. The Bertz CT molecular complexity index is 896. The number of rotatable bonds is 7. The molecule has 4 amide bonds. The normalized spacial score (nSPS) is 20.1. The molecule has 32 heavy (non-hydrogen) atoms. The third-order valence-corrected chi connectivity index (χ3v) is 6.11. The average Bonchev–Trinajstić information content (AvgIpc) is 3.19. The zero-order valence-electron chi connectivity index (χ0n) is 18.6. The molecule has 2 saturated heterocycles. The Kier molecular flexibility index (Phi) is 7.22. The van der Waals surface area contributed by atoms with Gasteiger partial charge in [0.1, 0.15) is 6.04 Å². The molecule has 2 aliphatic heterocycles. The number of carbonyl (C=O) groups excluding carboxylic acids is 4. The predicted octanol–water partition coefficient (Wildman–Crippen LogP) is 0.285. The van der Waals surface area contributed by atoms with E-state index < -0.39 is 12.0 Å². The number of ether oxygens (including phenoxy) is 2. The van der Waals surface area contributed by atoms with E-state index in [1.807, 2.05) is 0 Å². The molecule has 0 aliphatic carbocycles. The molecule has 0 spiro atoms. The molecular formula is C22H30N4O6. The monoisotopic (exact) mass is 446 g/mol. The maximum Gasteiger partial charge on any atom is 0.244 e. The Labute approximate surface area is 187 Å². The minimum Gasteiger partial charge on any atom is -0.493 e. The Hall–Kier alpha value is -3.30. The molecule has 3 rings (SSSR count). The van der Waals surface area contributed by atoms with Gasteiger partial charge in [0.15, 0.2) is 11.5 Å². The van der Waals surface area contributed by atoms with E-state index >= 15 is 0 Å². The molecule has 3 N–H and O–H groups in total. The molecule has 0 radical (unpaired) electrons. The lowest BCUT2D eigenvalue weighted by atomic mass is 9.96. The first-order valence-electron chi connectivity index (χ1n) is 10.7. The van der Waals surface area contributed by atoms with E-state index in [-0.39, 0.29) is 42.5 Å². The Morgan fingerprint density at radius 3 is 2.34 bits per heavy atom. The number of nitrogens with zero attached hydrogens (tertiary/aromatic N) is 2. The van der Waals surface area contributed by atoms with E-state index in [9.17, 15) is 19.2 Å². The van der Waals surface area contributed by atoms with Gasteiger partial charge in [-0.25, -0.2) is 0 Å². The Morgan fingerprint density at radius 1 is 1.09 bits per heavy atom. The third-order valence-electron chi connectivity index (χ3n) is 6.11. The van der Waals surface area contributed by atoms with Gasteiger partial charge in [0, 0.05) is 43.7 Å². The number of hydrogen-bond acceptors (Lipinski definition) is 6. The number of carbonyl (C=O) groups is 4. The van der Waals surface area contributed by atoms with E-state index in [4.69, 9.17) is 15.2 Å². The first kappa shape index (κ1) is 23.4. The summed E-state index contributed by atoms with van der Waals surface area (Å²) in [7, 11) is 3.04. The SMILES string of the molecule is COc1ccc(N2CC(C(=O)NC(C)C(=O)N3CCC(C(N)=O)CC3)CC2=O)cc1OC. The van der Waals surface area contributed by atoms with Gasteiger partial charge in [0.25, 0.3) is 0 Å². The van der Waals surface area contributed by atoms with Gasteiger partial charge in [-0.3, -0.25) is 19.2 Å². The summed E-state index contributed by atoms with van der Waals surface area (Å²) < 4.78 is 10.5. The lowest BCUT2D eigenvalue weighted by Gasteiger charge is -2.32. The minimum absolute atomic E-state index is 0.0606. The molecule has 174 valence electrons. The second-order valence-corrected chi connectivity index (χ2v) is 8.18. The first-order valence-corrected chi connectivity index (χ1v) is 10.7. The van der Waals surface area contributed by atoms with Crippen molar-refractivity contribution in [2.24, 2.45) is 17.6 Å². The second-order valence-electron chi connectivity index (χ2n) is 8.18. The number of nitrogens with two attached hydrogens (primary N) is 1. The Balaban J connectivity index is 1.57. The first-order chi connectivity index (χ1) is 15.2. The highest BCUT2D eigenvalue weighted by Crippen LogP contribution is 2.34. The molecule has 2 heterocycles. The standard InChI is InChI=1S/C22H30N4O6/c1-13(22(30)25-8-6-14(7-9-25)20(23)28)24-21(29)15-10-19(27)26(12-15)16-4-5-17(31-2)18(11-16)32-3/h4-5,11,13-15H,6-10,12H2,1-3H3,(H2,23,28)(H,24,29). The van der Waals surface area contributed by atoms with Gasteiger partial charge in [-0.1, -0.05) is 0 Å². The number of anilines is 1. The predicted molar refractivity (Wildman–Crippen MR) is 116 cm³/mol.